The van der Waals surface area contributed by atoms with Gasteiger partial charge in [0.25, 0.3) is 0 Å². The number of hydrogen-bond donors (Lipinski definition) is 0. The molecule has 1 aliphatic carbocycles. The van der Waals surface area contributed by atoms with E-state index in [1.807, 2.05) is 12.1 Å². The Labute approximate surface area is 143 Å². The van der Waals surface area contributed by atoms with E-state index < -0.39 is 0 Å². The van der Waals surface area contributed by atoms with Gasteiger partial charge >= 0.3 is 119 Å². The first-order valence-electron chi connectivity index (χ1n) is 5.71. The maximum atomic E-state index is 5.82. The van der Waals surface area contributed by atoms with Crippen LogP contribution in [0.15, 0.2) is 50.1 Å². The van der Waals surface area contributed by atoms with Crippen molar-refractivity contribution in [3.05, 3.63) is 45.2 Å². The zero-order valence-corrected chi connectivity index (χ0v) is 14.9. The van der Waals surface area contributed by atoms with Crippen LogP contribution < -0.4 is 4.74 Å². The van der Waals surface area contributed by atoms with Crippen molar-refractivity contribution in [1.29, 1.82) is 0 Å². The fraction of sp³-hybridized carbons (Fsp3) is 0.286. The van der Waals surface area contributed by atoms with Crippen LogP contribution >= 0.6 is 36.6 Å². The molecule has 1 aliphatic rings. The summed E-state index contributed by atoms with van der Waals surface area (Å²) in [6, 6.07) is 8.24. The van der Waals surface area contributed by atoms with Crippen LogP contribution in [0.2, 0.25) is 0 Å². The van der Waals surface area contributed by atoms with Gasteiger partial charge in [0.1, 0.15) is 0 Å². The zero-order valence-electron chi connectivity index (χ0n) is 10.9. The molecule has 2 rings (SSSR count). The molecule has 0 saturated carbocycles. The smallest absolute Gasteiger partial charge is 0.147 e. The summed E-state index contributed by atoms with van der Waals surface area (Å²) in [6.07, 6.45) is 5.71. The molecule has 0 bridgehead atoms. The van der Waals surface area contributed by atoms with Crippen LogP contribution in [-0.2, 0) is 20.4 Å². The minimum Gasteiger partial charge on any atom is -0.147 e. The van der Waals surface area contributed by atoms with E-state index in [1.165, 1.54) is 13.7 Å². The third-order valence-electron chi connectivity index (χ3n) is 2.32. The van der Waals surface area contributed by atoms with Gasteiger partial charge in [-0.3, -0.25) is 0 Å². The standard InChI is InChI=1S/C14H15OS.2ClH.Ti/c1-11(2)15-13-9-5-6-10-14(13)16-12-7-3-4-8-12;;;/h3,5-7,9-11H,4H2,1-2H3;2*1H;. The molecule has 0 fully saturated rings. The molecule has 19 heavy (non-hydrogen) atoms. The minimum absolute atomic E-state index is 0. The number of benzene rings is 1. The van der Waals surface area contributed by atoms with Crippen LogP contribution in [-0.4, -0.2) is 6.10 Å². The van der Waals surface area contributed by atoms with E-state index in [4.69, 9.17) is 4.74 Å². The van der Waals surface area contributed by atoms with Crippen molar-refractivity contribution < 1.29 is 25.2 Å². The summed E-state index contributed by atoms with van der Waals surface area (Å²) in [5.74, 6) is 0.980. The molecule has 0 spiro atoms. The summed E-state index contributed by atoms with van der Waals surface area (Å²) < 4.78 is 7.26. The van der Waals surface area contributed by atoms with Gasteiger partial charge in [0.05, 0.1) is 0 Å². The van der Waals surface area contributed by atoms with Crippen molar-refractivity contribution in [2.45, 2.75) is 31.3 Å². The summed E-state index contributed by atoms with van der Waals surface area (Å²) in [6.45, 7) is 4.11. The topological polar surface area (TPSA) is 9.23 Å². The second-order valence-corrected chi connectivity index (χ2v) is 6.19. The molecular formula is C14H17Cl2OSTi. The van der Waals surface area contributed by atoms with Crippen molar-refractivity contribution in [1.82, 2.24) is 0 Å². The molecular weight excluding hydrogens is 335 g/mol. The average Bonchev–Trinajstić information content (AvgIpc) is 2.67. The Hall–Kier alpha value is 0.144. The Morgan fingerprint density at radius 2 is 1.89 bits per heavy atom. The van der Waals surface area contributed by atoms with E-state index in [0.717, 1.165) is 12.2 Å². The minimum atomic E-state index is 0. The Bertz CT molecular complexity index is 472. The Morgan fingerprint density at radius 1 is 1.21 bits per heavy atom. The predicted octanol–water partition coefficient (Wildman–Crippen LogP) is 5.13. The van der Waals surface area contributed by atoms with Crippen LogP contribution in [0.3, 0.4) is 0 Å². The van der Waals surface area contributed by atoms with E-state index in [9.17, 15) is 0 Å². The Morgan fingerprint density at radius 3 is 2.47 bits per heavy atom. The molecule has 0 radical (unpaired) electrons. The first-order valence-corrected chi connectivity index (χ1v) is 7.31. The average molecular weight is 352 g/mol. The molecule has 1 aromatic carbocycles. The predicted molar refractivity (Wildman–Crippen MR) is 83.3 cm³/mol. The number of ether oxygens (including phenoxy) is 1. The van der Waals surface area contributed by atoms with Gasteiger partial charge in [0.2, 0.25) is 0 Å². The van der Waals surface area contributed by atoms with Gasteiger partial charge in [-0.1, -0.05) is 0 Å². The van der Waals surface area contributed by atoms with Crippen molar-refractivity contribution >= 4 is 36.6 Å². The summed E-state index contributed by atoms with van der Waals surface area (Å²) in [4.78, 5) is 2.55. The van der Waals surface area contributed by atoms with Crippen LogP contribution in [0, 0.1) is 0 Å². The van der Waals surface area contributed by atoms with E-state index in [0.29, 0.717) is 0 Å². The summed E-state index contributed by atoms with van der Waals surface area (Å²) in [7, 11) is 0. The fourth-order valence-corrected chi connectivity index (χ4v) is 3.11. The number of para-hydroxylation sites is 1. The Balaban J connectivity index is 0.00000162. The molecule has 1 nitrogen and oxygen atoms in total. The number of hydrogen-bond acceptors (Lipinski definition) is 2. The molecule has 0 amide bonds. The molecule has 0 unspecified atom stereocenters. The summed E-state index contributed by atoms with van der Waals surface area (Å²) in [5, 5.41) is 0. The molecule has 1 aromatic rings. The van der Waals surface area contributed by atoms with Crippen molar-refractivity contribution in [3.8, 4) is 5.75 Å². The van der Waals surface area contributed by atoms with Crippen LogP contribution in [0.4, 0.5) is 0 Å². The second-order valence-electron chi connectivity index (χ2n) is 4.16. The van der Waals surface area contributed by atoms with Crippen molar-refractivity contribution in [2.75, 3.05) is 0 Å². The first kappa shape index (κ1) is 19.1. The number of allylic oxidation sites excluding steroid dienone is 3. The molecule has 5 heteroatoms. The third-order valence-corrected chi connectivity index (χ3v) is 4.50. The summed E-state index contributed by atoms with van der Waals surface area (Å²) >= 11 is 3.98. The maximum absolute atomic E-state index is 5.82. The molecule has 0 atom stereocenters. The Kier molecular flexibility index (Phi) is 9.22. The third kappa shape index (κ3) is 5.57. The molecule has 0 N–H and O–H groups in total. The van der Waals surface area contributed by atoms with Crippen molar-refractivity contribution in [3.63, 3.8) is 0 Å². The van der Waals surface area contributed by atoms with E-state index >= 15 is 0 Å². The first-order chi connectivity index (χ1) is 8.16. The monoisotopic (exact) mass is 351 g/mol. The quantitative estimate of drug-likeness (QED) is 0.695. The van der Waals surface area contributed by atoms with Crippen LogP contribution in [0.1, 0.15) is 20.3 Å². The van der Waals surface area contributed by atoms with Gasteiger partial charge in [-0.2, -0.15) is 0 Å². The molecule has 103 valence electrons. The molecule has 0 saturated heterocycles. The van der Waals surface area contributed by atoms with E-state index in [-0.39, 0.29) is 30.9 Å². The van der Waals surface area contributed by atoms with Crippen LogP contribution in [0.5, 0.6) is 5.75 Å². The van der Waals surface area contributed by atoms with Gasteiger partial charge in [0.15, 0.2) is 0 Å². The second kappa shape index (κ2) is 9.15. The SMILES string of the molecule is CC(C)Oc1ccccc1SC1=[C]([Ti])CC=C1.Cl.Cl. The number of halogens is 2. The maximum Gasteiger partial charge on any atom is -0.147 e. The van der Waals surface area contributed by atoms with E-state index in [2.05, 4.69) is 58.6 Å². The van der Waals surface area contributed by atoms with Gasteiger partial charge in [-0.15, -0.1) is 24.8 Å². The van der Waals surface area contributed by atoms with Gasteiger partial charge in [-0.05, 0) is 0 Å². The largest absolute Gasteiger partial charge is 0.147 e. The number of rotatable bonds is 4. The fourth-order valence-electron chi connectivity index (χ4n) is 1.58. The van der Waals surface area contributed by atoms with E-state index in [1.54, 1.807) is 11.8 Å². The van der Waals surface area contributed by atoms with Gasteiger partial charge in [-0.25, -0.2) is 0 Å². The normalized spacial score (nSPS) is 13.2. The van der Waals surface area contributed by atoms with Crippen molar-refractivity contribution in [2.24, 2.45) is 0 Å². The zero-order chi connectivity index (χ0) is 12.3. The molecule has 0 heterocycles. The van der Waals surface area contributed by atoms with Gasteiger partial charge in [0, 0.05) is 0 Å². The summed E-state index contributed by atoms with van der Waals surface area (Å²) in [5.41, 5.74) is 0. The van der Waals surface area contributed by atoms with Crippen LogP contribution in [0.25, 0.3) is 0 Å². The number of thioether (sulfide) groups is 1. The molecule has 0 aliphatic heterocycles. The van der Waals surface area contributed by atoms with Gasteiger partial charge < -0.3 is 0 Å². The molecule has 0 aromatic heterocycles.